The quantitative estimate of drug-likeness (QED) is 0.442. The van der Waals surface area contributed by atoms with Crippen LogP contribution in [0, 0.1) is 0 Å². The largest absolute Gasteiger partial charge is 0.383 e. The van der Waals surface area contributed by atoms with Crippen molar-refractivity contribution in [3.8, 4) is 0 Å². The number of hydrogen-bond donors (Lipinski definition) is 0. The molecule has 0 saturated heterocycles. The molecule has 0 rings (SSSR count). The van der Waals surface area contributed by atoms with Gasteiger partial charge < -0.3 is 4.46 Å². The molecule has 0 aliphatic rings. The van der Waals surface area contributed by atoms with E-state index in [4.69, 9.17) is 0 Å². The van der Waals surface area contributed by atoms with E-state index in [1.807, 2.05) is 18.7 Å². The van der Waals surface area contributed by atoms with E-state index in [1.165, 1.54) is 12.8 Å². The van der Waals surface area contributed by atoms with Crippen LogP contribution in [0.3, 0.4) is 0 Å². The van der Waals surface area contributed by atoms with E-state index >= 15 is 0 Å². The lowest BCUT2D eigenvalue weighted by molar-refractivity contribution is 0.568. The van der Waals surface area contributed by atoms with Gasteiger partial charge in [-0.1, -0.05) is 32.8 Å². The van der Waals surface area contributed by atoms with Crippen LogP contribution in [0.25, 0.3) is 0 Å². The molecule has 0 atom stereocenters. The molecule has 0 aromatic rings. The topological polar surface area (TPSA) is 17.1 Å². The van der Waals surface area contributed by atoms with E-state index in [-0.39, 0.29) is 0 Å². The molecule has 0 bridgehead atoms. The molecular formula is C8H16OSi. The van der Waals surface area contributed by atoms with Crippen molar-refractivity contribution in [3.63, 3.8) is 0 Å². The molecular weight excluding hydrogens is 140 g/mol. The van der Waals surface area contributed by atoms with Crippen molar-refractivity contribution in [2.24, 2.45) is 0 Å². The summed E-state index contributed by atoms with van der Waals surface area (Å²) < 4.78 is 10.9. The SMILES string of the molecule is CCCCC=C[Si](=O)CC. The molecule has 0 radical (unpaired) electrons. The predicted octanol–water partition coefficient (Wildman–Crippen LogP) is 2.71. The summed E-state index contributed by atoms with van der Waals surface area (Å²) >= 11 is 0. The van der Waals surface area contributed by atoms with Crippen LogP contribution in [0.4, 0.5) is 0 Å². The summed E-state index contributed by atoms with van der Waals surface area (Å²) in [6.45, 7) is 4.13. The van der Waals surface area contributed by atoms with Crippen molar-refractivity contribution in [1.29, 1.82) is 0 Å². The molecule has 0 spiro atoms. The third-order valence-electron chi connectivity index (χ3n) is 1.38. The van der Waals surface area contributed by atoms with Gasteiger partial charge in [-0.05, 0) is 18.2 Å². The molecule has 0 fully saturated rings. The lowest BCUT2D eigenvalue weighted by Crippen LogP contribution is -1.89. The minimum absolute atomic E-state index is 0.813. The molecule has 0 saturated carbocycles. The highest BCUT2D eigenvalue weighted by Crippen LogP contribution is 1.95. The summed E-state index contributed by atoms with van der Waals surface area (Å²) in [5, 5.41) is 0. The zero-order valence-electron chi connectivity index (χ0n) is 6.89. The zero-order valence-corrected chi connectivity index (χ0v) is 7.89. The molecule has 0 aromatic carbocycles. The van der Waals surface area contributed by atoms with Crippen LogP contribution in [0.2, 0.25) is 6.04 Å². The van der Waals surface area contributed by atoms with Crippen LogP contribution in [-0.4, -0.2) is 8.68 Å². The molecule has 0 amide bonds. The van der Waals surface area contributed by atoms with Gasteiger partial charge in [-0.15, -0.1) is 0 Å². The normalized spacial score (nSPS) is 10.6. The third-order valence-corrected chi connectivity index (χ3v) is 2.68. The number of rotatable bonds is 5. The zero-order chi connectivity index (χ0) is 7.82. The van der Waals surface area contributed by atoms with Crippen molar-refractivity contribution in [2.75, 3.05) is 0 Å². The van der Waals surface area contributed by atoms with E-state index < -0.39 is 8.68 Å². The van der Waals surface area contributed by atoms with E-state index in [0.29, 0.717) is 0 Å². The molecule has 0 aromatic heterocycles. The molecule has 58 valence electrons. The fraction of sp³-hybridized carbons (Fsp3) is 0.750. The average molecular weight is 156 g/mol. The Hall–Kier alpha value is -0.243. The first kappa shape index (κ1) is 9.76. The van der Waals surface area contributed by atoms with Crippen molar-refractivity contribution < 1.29 is 4.46 Å². The van der Waals surface area contributed by atoms with Crippen molar-refractivity contribution in [1.82, 2.24) is 0 Å². The first-order chi connectivity index (χ1) is 4.81. The minimum Gasteiger partial charge on any atom is -0.383 e. The van der Waals surface area contributed by atoms with Gasteiger partial charge in [0.15, 0.2) is 0 Å². The minimum atomic E-state index is -1.34. The smallest absolute Gasteiger partial charge is 0.303 e. The molecule has 0 aliphatic heterocycles. The van der Waals surface area contributed by atoms with Crippen LogP contribution in [0.15, 0.2) is 11.8 Å². The van der Waals surface area contributed by atoms with Gasteiger partial charge in [-0.25, -0.2) is 0 Å². The second-order valence-corrected chi connectivity index (χ2v) is 4.34. The van der Waals surface area contributed by atoms with Crippen molar-refractivity contribution >= 4 is 8.68 Å². The van der Waals surface area contributed by atoms with Crippen molar-refractivity contribution in [2.45, 2.75) is 39.2 Å². The van der Waals surface area contributed by atoms with Crippen LogP contribution in [0.5, 0.6) is 0 Å². The first-order valence-electron chi connectivity index (χ1n) is 4.00. The monoisotopic (exact) mass is 156 g/mol. The Morgan fingerprint density at radius 2 is 2.10 bits per heavy atom. The van der Waals surface area contributed by atoms with Gasteiger partial charge in [0.05, 0.1) is 0 Å². The molecule has 0 aliphatic carbocycles. The average Bonchev–Trinajstić information content (AvgIpc) is 1.98. The van der Waals surface area contributed by atoms with Gasteiger partial charge >= 0.3 is 8.68 Å². The molecule has 0 unspecified atom stereocenters. The Kier molecular flexibility index (Phi) is 6.70. The lowest BCUT2D eigenvalue weighted by atomic mass is 10.2. The first-order valence-corrected chi connectivity index (χ1v) is 5.69. The third kappa shape index (κ3) is 5.89. The number of hydrogen-bond acceptors (Lipinski definition) is 1. The summed E-state index contributed by atoms with van der Waals surface area (Å²) in [6, 6.07) is 0.813. The Balaban J connectivity index is 3.27. The molecule has 2 heteroatoms. The number of unbranched alkanes of at least 4 members (excludes halogenated alkanes) is 2. The molecule has 0 heterocycles. The van der Waals surface area contributed by atoms with Gasteiger partial charge in [0.2, 0.25) is 0 Å². The van der Waals surface area contributed by atoms with Gasteiger partial charge in [-0.3, -0.25) is 0 Å². The Bertz CT molecular complexity index is 118. The highest BCUT2D eigenvalue weighted by Gasteiger charge is 1.91. The summed E-state index contributed by atoms with van der Waals surface area (Å²) in [5.41, 5.74) is 1.88. The Morgan fingerprint density at radius 1 is 1.40 bits per heavy atom. The van der Waals surface area contributed by atoms with E-state index in [1.54, 1.807) is 0 Å². The lowest BCUT2D eigenvalue weighted by Gasteiger charge is -1.86. The highest BCUT2D eigenvalue weighted by molar-refractivity contribution is 6.48. The van der Waals surface area contributed by atoms with E-state index in [9.17, 15) is 4.46 Å². The van der Waals surface area contributed by atoms with Crippen LogP contribution < -0.4 is 0 Å². The van der Waals surface area contributed by atoms with E-state index in [0.717, 1.165) is 12.5 Å². The summed E-state index contributed by atoms with van der Waals surface area (Å²) in [6.07, 6.45) is 5.58. The predicted molar refractivity (Wildman–Crippen MR) is 45.6 cm³/mol. The van der Waals surface area contributed by atoms with Crippen LogP contribution in [-0.2, 0) is 4.46 Å². The maximum Gasteiger partial charge on any atom is 0.303 e. The summed E-state index contributed by atoms with van der Waals surface area (Å²) in [5.74, 6) is 0. The van der Waals surface area contributed by atoms with Crippen LogP contribution >= 0.6 is 0 Å². The maximum absolute atomic E-state index is 10.9. The molecule has 0 N–H and O–H groups in total. The van der Waals surface area contributed by atoms with Crippen LogP contribution in [0.1, 0.15) is 33.1 Å². The fourth-order valence-corrected chi connectivity index (χ4v) is 1.32. The van der Waals surface area contributed by atoms with E-state index in [2.05, 4.69) is 6.92 Å². The summed E-state index contributed by atoms with van der Waals surface area (Å²) in [7, 11) is -1.34. The van der Waals surface area contributed by atoms with Gasteiger partial charge in [0, 0.05) is 0 Å². The molecule has 1 nitrogen and oxygen atoms in total. The van der Waals surface area contributed by atoms with Gasteiger partial charge in [0.1, 0.15) is 0 Å². The number of allylic oxidation sites excluding steroid dienone is 1. The van der Waals surface area contributed by atoms with Crippen molar-refractivity contribution in [3.05, 3.63) is 11.8 Å². The summed E-state index contributed by atoms with van der Waals surface area (Å²) in [4.78, 5) is 0. The second kappa shape index (κ2) is 6.87. The Morgan fingerprint density at radius 3 is 2.60 bits per heavy atom. The highest BCUT2D eigenvalue weighted by atomic mass is 28.3. The van der Waals surface area contributed by atoms with Gasteiger partial charge in [-0.2, -0.15) is 0 Å². The molecule has 10 heavy (non-hydrogen) atoms. The fourth-order valence-electron chi connectivity index (χ4n) is 0.655. The van der Waals surface area contributed by atoms with Gasteiger partial charge in [0.25, 0.3) is 0 Å². The standard InChI is InChI=1S/C8H16OSi/c1-3-5-6-7-8-10(9)4-2/h7-8H,3-6H2,1-2H3. The maximum atomic E-state index is 10.9. The second-order valence-electron chi connectivity index (χ2n) is 2.36. The Labute approximate surface area is 64.8 Å².